The number of hydrogen-bond acceptors (Lipinski definition) is 5. The number of sulfonamides is 1. The van der Waals surface area contributed by atoms with E-state index in [9.17, 15) is 8.42 Å². The maximum atomic E-state index is 12.2. The molecule has 3 N–H and O–H groups in total. The molecule has 0 aliphatic rings. The van der Waals surface area contributed by atoms with Crippen LogP contribution in [-0.2, 0) is 10.0 Å². The molecule has 8 heteroatoms. The molecule has 20 heavy (non-hydrogen) atoms. The number of nitrogen functional groups attached to an aromatic ring is 1. The Hall–Kier alpha value is -1.44. The second kappa shape index (κ2) is 5.51. The summed E-state index contributed by atoms with van der Waals surface area (Å²) >= 11 is 6.90. The minimum absolute atomic E-state index is 0.148. The lowest BCUT2D eigenvalue weighted by Crippen LogP contribution is -2.12. The van der Waals surface area contributed by atoms with Crippen molar-refractivity contribution in [1.29, 1.82) is 0 Å². The number of methoxy groups -OCH3 is 1. The summed E-state index contributed by atoms with van der Waals surface area (Å²) in [5.41, 5.74) is 7.09. The van der Waals surface area contributed by atoms with Crippen molar-refractivity contribution in [3.05, 3.63) is 34.2 Å². The van der Waals surface area contributed by atoms with Crippen LogP contribution in [0.2, 0.25) is 4.34 Å². The van der Waals surface area contributed by atoms with Gasteiger partial charge in [-0.05, 0) is 30.7 Å². The predicted octanol–water partition coefficient (Wildman–Crippen LogP) is 3.10. The average Bonchev–Trinajstić information content (AvgIpc) is 2.73. The molecule has 0 saturated heterocycles. The smallest absolute Gasteiger partial charge is 0.271 e. The van der Waals surface area contributed by atoms with Gasteiger partial charge in [-0.2, -0.15) is 0 Å². The second-order valence-electron chi connectivity index (χ2n) is 4.08. The van der Waals surface area contributed by atoms with E-state index in [1.807, 2.05) is 0 Å². The van der Waals surface area contributed by atoms with E-state index >= 15 is 0 Å². The Balaban J connectivity index is 2.33. The third-order valence-electron chi connectivity index (χ3n) is 2.60. The Kier molecular flexibility index (Phi) is 4.12. The lowest BCUT2D eigenvalue weighted by Gasteiger charge is -2.10. The molecule has 0 bridgehead atoms. The molecule has 0 aliphatic carbocycles. The zero-order valence-corrected chi connectivity index (χ0v) is 13.2. The molecule has 108 valence electrons. The normalized spacial score (nSPS) is 11.3. The van der Waals surface area contributed by atoms with E-state index in [0.29, 0.717) is 15.8 Å². The van der Waals surface area contributed by atoms with Crippen molar-refractivity contribution < 1.29 is 13.2 Å². The van der Waals surface area contributed by atoms with Gasteiger partial charge in [0, 0.05) is 6.07 Å². The molecule has 0 aliphatic heterocycles. The SMILES string of the molecule is COc1ccc(NS(=O)(=O)c2cc(C)c(Cl)s2)c(N)c1. The van der Waals surface area contributed by atoms with Crippen LogP contribution in [0.3, 0.4) is 0 Å². The molecule has 1 aromatic heterocycles. The highest BCUT2D eigenvalue weighted by Crippen LogP contribution is 2.32. The summed E-state index contributed by atoms with van der Waals surface area (Å²) in [5.74, 6) is 0.556. The molecular formula is C12H13ClN2O3S2. The number of thiophene rings is 1. The zero-order chi connectivity index (χ0) is 14.9. The second-order valence-corrected chi connectivity index (χ2v) is 7.64. The topological polar surface area (TPSA) is 81.4 Å². The zero-order valence-electron chi connectivity index (χ0n) is 10.8. The first-order chi connectivity index (χ1) is 9.33. The van der Waals surface area contributed by atoms with Crippen molar-refractivity contribution in [2.75, 3.05) is 17.6 Å². The molecule has 2 aromatic rings. The Morgan fingerprint density at radius 1 is 1.35 bits per heavy atom. The molecule has 0 saturated carbocycles. The first kappa shape index (κ1) is 15.0. The van der Waals surface area contributed by atoms with Crippen LogP contribution in [0.4, 0.5) is 11.4 Å². The highest BCUT2D eigenvalue weighted by molar-refractivity contribution is 7.94. The van der Waals surface area contributed by atoms with Crippen LogP contribution in [0.5, 0.6) is 5.75 Å². The van der Waals surface area contributed by atoms with E-state index in [-0.39, 0.29) is 9.90 Å². The van der Waals surface area contributed by atoms with Gasteiger partial charge in [0.1, 0.15) is 9.96 Å². The average molecular weight is 333 g/mol. The van der Waals surface area contributed by atoms with Gasteiger partial charge < -0.3 is 10.5 Å². The van der Waals surface area contributed by atoms with Crippen molar-refractivity contribution in [2.45, 2.75) is 11.1 Å². The summed E-state index contributed by atoms with van der Waals surface area (Å²) in [5, 5.41) is 0. The summed E-state index contributed by atoms with van der Waals surface area (Å²) < 4.78 is 32.5. The van der Waals surface area contributed by atoms with E-state index in [1.54, 1.807) is 25.1 Å². The van der Waals surface area contributed by atoms with Gasteiger partial charge in [-0.25, -0.2) is 8.42 Å². The van der Waals surface area contributed by atoms with Gasteiger partial charge in [0.25, 0.3) is 10.0 Å². The van der Waals surface area contributed by atoms with E-state index in [0.717, 1.165) is 16.9 Å². The maximum Gasteiger partial charge on any atom is 0.271 e. The highest BCUT2D eigenvalue weighted by Gasteiger charge is 2.19. The Labute approximate surface area is 126 Å². The van der Waals surface area contributed by atoms with E-state index in [4.69, 9.17) is 22.1 Å². The van der Waals surface area contributed by atoms with Crippen molar-refractivity contribution in [1.82, 2.24) is 0 Å². The van der Waals surface area contributed by atoms with Crippen molar-refractivity contribution in [2.24, 2.45) is 0 Å². The van der Waals surface area contributed by atoms with Crippen LogP contribution in [0, 0.1) is 6.92 Å². The van der Waals surface area contributed by atoms with Crippen LogP contribution in [0.15, 0.2) is 28.5 Å². The number of hydrogen-bond donors (Lipinski definition) is 2. The van der Waals surface area contributed by atoms with Crippen LogP contribution in [-0.4, -0.2) is 15.5 Å². The summed E-state index contributed by atoms with van der Waals surface area (Å²) in [4.78, 5) is 0. The number of nitrogens with one attached hydrogen (secondary N) is 1. The Bertz CT molecular complexity index is 722. The monoisotopic (exact) mass is 332 g/mol. The number of ether oxygens (including phenoxy) is 1. The fraction of sp³-hybridized carbons (Fsp3) is 0.167. The summed E-state index contributed by atoms with van der Waals surface area (Å²) in [6.07, 6.45) is 0. The highest BCUT2D eigenvalue weighted by atomic mass is 35.5. The fourth-order valence-corrected chi connectivity index (χ4v) is 4.32. The number of aryl methyl sites for hydroxylation is 1. The van der Waals surface area contributed by atoms with Crippen molar-refractivity contribution in [3.8, 4) is 5.75 Å². The van der Waals surface area contributed by atoms with Gasteiger partial charge in [0.2, 0.25) is 0 Å². The Morgan fingerprint density at radius 2 is 2.05 bits per heavy atom. The number of benzene rings is 1. The molecule has 0 atom stereocenters. The van der Waals surface area contributed by atoms with Gasteiger partial charge in [0.05, 0.1) is 22.8 Å². The first-order valence-corrected chi connectivity index (χ1v) is 8.23. The molecule has 5 nitrogen and oxygen atoms in total. The summed E-state index contributed by atoms with van der Waals surface area (Å²) in [7, 11) is -2.18. The maximum absolute atomic E-state index is 12.2. The number of anilines is 2. The quantitative estimate of drug-likeness (QED) is 0.843. The third kappa shape index (κ3) is 3.00. The lowest BCUT2D eigenvalue weighted by molar-refractivity contribution is 0.415. The van der Waals surface area contributed by atoms with Gasteiger partial charge in [-0.3, -0.25) is 4.72 Å². The molecule has 1 heterocycles. The van der Waals surface area contributed by atoms with E-state index < -0.39 is 10.0 Å². The molecule has 1 aromatic carbocycles. The molecule has 0 amide bonds. The molecule has 0 fully saturated rings. The first-order valence-electron chi connectivity index (χ1n) is 5.56. The molecule has 0 unspecified atom stereocenters. The van der Waals surface area contributed by atoms with Crippen LogP contribution in [0.25, 0.3) is 0 Å². The van der Waals surface area contributed by atoms with Crippen molar-refractivity contribution in [3.63, 3.8) is 0 Å². The van der Waals surface area contributed by atoms with Crippen molar-refractivity contribution >= 4 is 44.3 Å². The fourth-order valence-electron chi connectivity index (χ4n) is 1.52. The number of halogens is 1. The van der Waals surface area contributed by atoms with Gasteiger partial charge in [-0.1, -0.05) is 11.6 Å². The summed E-state index contributed by atoms with van der Waals surface area (Å²) in [6.45, 7) is 1.75. The van der Waals surface area contributed by atoms with Gasteiger partial charge in [-0.15, -0.1) is 11.3 Å². The molecule has 0 radical (unpaired) electrons. The third-order valence-corrected chi connectivity index (χ3v) is 6.00. The van der Waals surface area contributed by atoms with Crippen LogP contribution < -0.4 is 15.2 Å². The largest absolute Gasteiger partial charge is 0.497 e. The molecule has 2 rings (SSSR count). The lowest BCUT2D eigenvalue weighted by atomic mass is 10.2. The number of nitrogens with two attached hydrogens (primary N) is 1. The van der Waals surface area contributed by atoms with Gasteiger partial charge in [0.15, 0.2) is 0 Å². The predicted molar refractivity (Wildman–Crippen MR) is 82.3 cm³/mol. The minimum Gasteiger partial charge on any atom is -0.497 e. The van der Waals surface area contributed by atoms with E-state index in [1.165, 1.54) is 13.2 Å². The summed E-state index contributed by atoms with van der Waals surface area (Å²) in [6, 6.07) is 6.24. The van der Waals surface area contributed by atoms with Crippen LogP contribution >= 0.6 is 22.9 Å². The Morgan fingerprint density at radius 3 is 2.55 bits per heavy atom. The molecule has 0 spiro atoms. The number of rotatable bonds is 4. The van der Waals surface area contributed by atoms with E-state index in [2.05, 4.69) is 4.72 Å². The molecular weight excluding hydrogens is 320 g/mol. The minimum atomic E-state index is -3.69. The van der Waals surface area contributed by atoms with Gasteiger partial charge >= 0.3 is 0 Å². The van der Waals surface area contributed by atoms with Crippen LogP contribution in [0.1, 0.15) is 5.56 Å². The standard InChI is InChI=1S/C12H13ClN2O3S2/c1-7-5-11(19-12(7)13)20(16,17)15-10-4-3-8(18-2)6-9(10)14/h3-6,15H,14H2,1-2H3.